The lowest BCUT2D eigenvalue weighted by atomic mass is 10.2. The Bertz CT molecular complexity index is 124. The van der Waals surface area contributed by atoms with Crippen molar-refractivity contribution in [3.63, 3.8) is 0 Å². The molecule has 1 amide bonds. The fourth-order valence-electron chi connectivity index (χ4n) is 0.890. The molecule has 0 aromatic rings. The Kier molecular flexibility index (Phi) is 2.50. The second-order valence-corrected chi connectivity index (χ2v) is 2.20. The number of methoxy groups -OCH3 is 1. The first-order valence-corrected chi connectivity index (χ1v) is 3.26. The number of amides is 1. The molecule has 1 fully saturated rings. The Morgan fingerprint density at radius 1 is 1.90 bits per heavy atom. The summed E-state index contributed by atoms with van der Waals surface area (Å²) in [5.74, 6) is 0. The zero-order valence-corrected chi connectivity index (χ0v) is 5.92. The van der Waals surface area contributed by atoms with Crippen molar-refractivity contribution in [2.45, 2.75) is 12.5 Å². The summed E-state index contributed by atoms with van der Waals surface area (Å²) in [5, 5.41) is 2.55. The van der Waals surface area contributed by atoms with Crippen LogP contribution in [-0.2, 0) is 9.47 Å². The van der Waals surface area contributed by atoms with Crippen LogP contribution in [0.15, 0.2) is 0 Å². The van der Waals surface area contributed by atoms with Gasteiger partial charge in [-0.25, -0.2) is 4.79 Å². The van der Waals surface area contributed by atoms with Gasteiger partial charge in [0.25, 0.3) is 0 Å². The molecule has 0 bridgehead atoms. The number of hydrogen-bond acceptors (Lipinski definition) is 3. The molecule has 58 valence electrons. The standard InChI is InChI=1S/C6H11NO3/c1-9-4-5-2-3-7-6(8)10-5/h5H,2-4H2,1H3,(H,7,8)/t5-/m0/s1. The van der Waals surface area contributed by atoms with Crippen LogP contribution in [0.1, 0.15) is 6.42 Å². The van der Waals surface area contributed by atoms with E-state index in [4.69, 9.17) is 9.47 Å². The van der Waals surface area contributed by atoms with E-state index in [0.717, 1.165) is 6.42 Å². The maximum atomic E-state index is 10.6. The Morgan fingerprint density at radius 3 is 3.30 bits per heavy atom. The van der Waals surface area contributed by atoms with Crippen molar-refractivity contribution < 1.29 is 14.3 Å². The molecule has 1 saturated heterocycles. The molecule has 4 heteroatoms. The summed E-state index contributed by atoms with van der Waals surface area (Å²) in [6.07, 6.45) is 0.437. The third-order valence-electron chi connectivity index (χ3n) is 1.36. The molecule has 0 saturated carbocycles. The molecule has 4 nitrogen and oxygen atoms in total. The van der Waals surface area contributed by atoms with Crippen molar-refractivity contribution in [1.82, 2.24) is 5.32 Å². The van der Waals surface area contributed by atoms with Crippen molar-refractivity contribution in [3.8, 4) is 0 Å². The van der Waals surface area contributed by atoms with Gasteiger partial charge in [0.1, 0.15) is 6.10 Å². The highest BCUT2D eigenvalue weighted by molar-refractivity contribution is 5.67. The van der Waals surface area contributed by atoms with Crippen LogP contribution in [0.25, 0.3) is 0 Å². The Morgan fingerprint density at radius 2 is 2.70 bits per heavy atom. The van der Waals surface area contributed by atoms with Gasteiger partial charge in [0.15, 0.2) is 0 Å². The summed E-state index contributed by atoms with van der Waals surface area (Å²) in [7, 11) is 1.59. The van der Waals surface area contributed by atoms with E-state index in [1.165, 1.54) is 0 Å². The highest BCUT2D eigenvalue weighted by Crippen LogP contribution is 2.03. The molecule has 1 aliphatic rings. The van der Waals surface area contributed by atoms with E-state index in [1.54, 1.807) is 7.11 Å². The normalized spacial score (nSPS) is 25.3. The minimum absolute atomic E-state index is 0.0567. The number of alkyl carbamates (subject to hydrolysis) is 1. The van der Waals surface area contributed by atoms with Crippen LogP contribution in [0.5, 0.6) is 0 Å². The Balaban J connectivity index is 2.25. The molecule has 1 N–H and O–H groups in total. The van der Waals surface area contributed by atoms with Gasteiger partial charge in [0.05, 0.1) is 6.61 Å². The Labute approximate surface area is 59.5 Å². The third-order valence-corrected chi connectivity index (χ3v) is 1.36. The van der Waals surface area contributed by atoms with Crippen molar-refractivity contribution in [2.75, 3.05) is 20.3 Å². The van der Waals surface area contributed by atoms with Gasteiger partial charge in [-0.3, -0.25) is 0 Å². The number of ether oxygens (including phenoxy) is 2. The third kappa shape index (κ3) is 1.88. The van der Waals surface area contributed by atoms with Gasteiger partial charge in [-0.2, -0.15) is 0 Å². The summed E-state index contributed by atoms with van der Waals surface area (Å²) in [6.45, 7) is 1.18. The molecule has 0 radical (unpaired) electrons. The van der Waals surface area contributed by atoms with E-state index >= 15 is 0 Å². The fourth-order valence-corrected chi connectivity index (χ4v) is 0.890. The lowest BCUT2D eigenvalue weighted by molar-refractivity contribution is 0.0216. The summed E-state index contributed by atoms with van der Waals surface area (Å²) in [6, 6.07) is 0. The van der Waals surface area contributed by atoms with E-state index in [0.29, 0.717) is 13.2 Å². The monoisotopic (exact) mass is 145 g/mol. The first kappa shape index (κ1) is 7.34. The summed E-state index contributed by atoms with van der Waals surface area (Å²) >= 11 is 0. The molecule has 1 heterocycles. The zero-order valence-electron chi connectivity index (χ0n) is 5.92. The molecule has 1 aliphatic heterocycles. The van der Waals surface area contributed by atoms with Crippen LogP contribution in [0.4, 0.5) is 4.79 Å². The quantitative estimate of drug-likeness (QED) is 0.600. The van der Waals surface area contributed by atoms with Crippen molar-refractivity contribution in [1.29, 1.82) is 0 Å². The lowest BCUT2D eigenvalue weighted by Gasteiger charge is -2.21. The molecule has 1 atom stereocenters. The van der Waals surface area contributed by atoms with Gasteiger partial charge in [0.2, 0.25) is 0 Å². The number of carbonyl (C=O) groups excluding carboxylic acids is 1. The second-order valence-electron chi connectivity index (χ2n) is 2.20. The van der Waals surface area contributed by atoms with Gasteiger partial charge in [-0.15, -0.1) is 0 Å². The van der Waals surface area contributed by atoms with E-state index in [9.17, 15) is 4.79 Å². The van der Waals surface area contributed by atoms with Crippen LogP contribution in [-0.4, -0.2) is 32.5 Å². The number of cyclic esters (lactones) is 1. The van der Waals surface area contributed by atoms with Crippen LogP contribution >= 0.6 is 0 Å². The molecule has 0 unspecified atom stereocenters. The van der Waals surface area contributed by atoms with Crippen molar-refractivity contribution >= 4 is 6.09 Å². The summed E-state index contributed by atoms with van der Waals surface area (Å²) < 4.78 is 9.68. The largest absolute Gasteiger partial charge is 0.444 e. The first-order chi connectivity index (χ1) is 4.83. The summed E-state index contributed by atoms with van der Waals surface area (Å²) in [5.41, 5.74) is 0. The van der Waals surface area contributed by atoms with E-state index in [2.05, 4.69) is 5.32 Å². The molecule has 0 aromatic carbocycles. The first-order valence-electron chi connectivity index (χ1n) is 3.26. The average molecular weight is 145 g/mol. The smallest absolute Gasteiger partial charge is 0.407 e. The minimum atomic E-state index is -0.340. The number of nitrogens with one attached hydrogen (secondary N) is 1. The average Bonchev–Trinajstić information content (AvgIpc) is 1.88. The minimum Gasteiger partial charge on any atom is -0.444 e. The molecule has 0 aromatic heterocycles. The van der Waals surface area contributed by atoms with Gasteiger partial charge >= 0.3 is 6.09 Å². The lowest BCUT2D eigenvalue weighted by Crippen LogP contribution is -2.39. The SMILES string of the molecule is COC[C@@H]1CCNC(=O)O1. The maximum Gasteiger partial charge on any atom is 0.407 e. The van der Waals surface area contributed by atoms with Crippen LogP contribution in [0.2, 0.25) is 0 Å². The Hall–Kier alpha value is -0.770. The van der Waals surface area contributed by atoms with Gasteiger partial charge < -0.3 is 14.8 Å². The maximum absolute atomic E-state index is 10.6. The van der Waals surface area contributed by atoms with Crippen molar-refractivity contribution in [2.24, 2.45) is 0 Å². The van der Waals surface area contributed by atoms with E-state index in [1.807, 2.05) is 0 Å². The molecule has 1 rings (SSSR count). The fraction of sp³-hybridized carbons (Fsp3) is 0.833. The predicted molar refractivity (Wildman–Crippen MR) is 34.8 cm³/mol. The predicted octanol–water partition coefficient (Wildman–Crippen LogP) is 0.131. The van der Waals surface area contributed by atoms with E-state index in [-0.39, 0.29) is 12.2 Å². The zero-order chi connectivity index (χ0) is 7.40. The molecular formula is C6H11NO3. The molecular weight excluding hydrogens is 134 g/mol. The van der Waals surface area contributed by atoms with Gasteiger partial charge in [0, 0.05) is 20.1 Å². The number of rotatable bonds is 2. The number of hydrogen-bond donors (Lipinski definition) is 1. The molecule has 0 spiro atoms. The summed E-state index contributed by atoms with van der Waals surface area (Å²) in [4.78, 5) is 10.6. The van der Waals surface area contributed by atoms with Gasteiger partial charge in [-0.1, -0.05) is 0 Å². The van der Waals surface area contributed by atoms with Crippen LogP contribution < -0.4 is 5.32 Å². The topological polar surface area (TPSA) is 47.6 Å². The van der Waals surface area contributed by atoms with Crippen molar-refractivity contribution in [3.05, 3.63) is 0 Å². The second kappa shape index (κ2) is 3.41. The number of carbonyl (C=O) groups is 1. The van der Waals surface area contributed by atoms with Crippen LogP contribution in [0.3, 0.4) is 0 Å². The molecule has 10 heavy (non-hydrogen) atoms. The highest BCUT2D eigenvalue weighted by Gasteiger charge is 2.18. The molecule has 0 aliphatic carbocycles. The van der Waals surface area contributed by atoms with E-state index < -0.39 is 0 Å². The van der Waals surface area contributed by atoms with Gasteiger partial charge in [-0.05, 0) is 0 Å². The highest BCUT2D eigenvalue weighted by atomic mass is 16.6. The van der Waals surface area contributed by atoms with Crippen LogP contribution in [0, 0.1) is 0 Å².